The molecule has 2 fully saturated rings. The Morgan fingerprint density at radius 3 is 2.03 bits per heavy atom. The van der Waals surface area contributed by atoms with Gasteiger partial charge in [-0.2, -0.15) is 4.31 Å². The van der Waals surface area contributed by atoms with Gasteiger partial charge in [-0.1, -0.05) is 18.2 Å². The summed E-state index contributed by atoms with van der Waals surface area (Å²) in [7, 11) is -3.48. The van der Waals surface area contributed by atoms with Gasteiger partial charge in [0.1, 0.15) is 0 Å². The molecular formula is C23H27N3O4S. The summed E-state index contributed by atoms with van der Waals surface area (Å²) in [5.74, 6) is -0.210. The average molecular weight is 442 g/mol. The van der Waals surface area contributed by atoms with Crippen LogP contribution >= 0.6 is 0 Å². The van der Waals surface area contributed by atoms with Gasteiger partial charge in [0.05, 0.1) is 4.90 Å². The standard InChI is InChI=1S/C23H27N3O4S/c27-22(18-6-2-1-3-7-18)24-20-12-16-25(17-13-20)23(28)19-8-10-21(11-9-19)31(29,30)26-14-4-5-15-26/h1-3,6-11,20H,4-5,12-17H2,(H,24,27). The van der Waals surface area contributed by atoms with Gasteiger partial charge in [-0.05, 0) is 62.1 Å². The Labute approximate surface area is 183 Å². The van der Waals surface area contributed by atoms with Crippen LogP contribution in [-0.4, -0.2) is 61.7 Å². The summed E-state index contributed by atoms with van der Waals surface area (Å²) in [6, 6.07) is 15.4. The van der Waals surface area contributed by atoms with Gasteiger partial charge in [0.25, 0.3) is 11.8 Å². The quantitative estimate of drug-likeness (QED) is 0.772. The Hall–Kier alpha value is -2.71. The molecule has 0 unspecified atom stereocenters. The lowest BCUT2D eigenvalue weighted by atomic mass is 10.0. The first-order valence-corrected chi connectivity index (χ1v) is 12.1. The number of hydrogen-bond donors (Lipinski definition) is 1. The molecular weight excluding hydrogens is 414 g/mol. The molecule has 2 saturated heterocycles. The molecule has 164 valence electrons. The zero-order chi connectivity index (χ0) is 21.8. The fourth-order valence-corrected chi connectivity index (χ4v) is 5.63. The third kappa shape index (κ3) is 4.80. The summed E-state index contributed by atoms with van der Waals surface area (Å²) < 4.78 is 26.8. The van der Waals surface area contributed by atoms with Gasteiger partial charge in [0, 0.05) is 43.3 Å². The molecule has 0 aliphatic carbocycles. The Morgan fingerprint density at radius 2 is 1.42 bits per heavy atom. The van der Waals surface area contributed by atoms with Gasteiger partial charge in [0.2, 0.25) is 10.0 Å². The normalized spacial score (nSPS) is 18.1. The molecule has 2 aromatic carbocycles. The van der Waals surface area contributed by atoms with Gasteiger partial charge in [-0.3, -0.25) is 9.59 Å². The van der Waals surface area contributed by atoms with Crippen molar-refractivity contribution in [3.8, 4) is 0 Å². The van der Waals surface area contributed by atoms with Crippen molar-refractivity contribution in [2.24, 2.45) is 0 Å². The number of carbonyl (C=O) groups is 2. The highest BCUT2D eigenvalue weighted by Crippen LogP contribution is 2.22. The molecule has 0 bridgehead atoms. The number of amides is 2. The minimum absolute atomic E-state index is 0.0322. The molecule has 7 nitrogen and oxygen atoms in total. The van der Waals surface area contributed by atoms with Crippen molar-refractivity contribution < 1.29 is 18.0 Å². The molecule has 0 saturated carbocycles. The third-order valence-electron chi connectivity index (χ3n) is 5.96. The Kier molecular flexibility index (Phi) is 6.38. The van der Waals surface area contributed by atoms with Crippen molar-refractivity contribution >= 4 is 21.8 Å². The van der Waals surface area contributed by atoms with Crippen LogP contribution in [0.15, 0.2) is 59.5 Å². The first-order chi connectivity index (χ1) is 14.9. The summed E-state index contributed by atoms with van der Waals surface area (Å²) in [4.78, 5) is 27.1. The predicted molar refractivity (Wildman–Crippen MR) is 117 cm³/mol. The highest BCUT2D eigenvalue weighted by Gasteiger charge is 2.28. The average Bonchev–Trinajstić information content (AvgIpc) is 3.36. The minimum Gasteiger partial charge on any atom is -0.349 e. The molecule has 2 heterocycles. The van der Waals surface area contributed by atoms with Crippen LogP contribution in [0.3, 0.4) is 0 Å². The number of piperidine rings is 1. The molecule has 4 rings (SSSR count). The minimum atomic E-state index is -3.48. The van der Waals surface area contributed by atoms with Crippen molar-refractivity contribution in [3.05, 3.63) is 65.7 Å². The van der Waals surface area contributed by atoms with Crippen LogP contribution in [0.25, 0.3) is 0 Å². The first kappa shape index (κ1) is 21.5. The molecule has 0 spiro atoms. The third-order valence-corrected chi connectivity index (χ3v) is 7.87. The second-order valence-electron chi connectivity index (χ2n) is 8.04. The number of benzene rings is 2. The van der Waals surface area contributed by atoms with Crippen LogP contribution in [0.2, 0.25) is 0 Å². The van der Waals surface area contributed by atoms with Gasteiger partial charge >= 0.3 is 0 Å². The van der Waals surface area contributed by atoms with Crippen molar-refractivity contribution in [1.29, 1.82) is 0 Å². The lowest BCUT2D eigenvalue weighted by molar-refractivity contribution is 0.0698. The second kappa shape index (κ2) is 9.20. The van der Waals surface area contributed by atoms with E-state index in [-0.39, 0.29) is 22.8 Å². The maximum absolute atomic E-state index is 12.8. The van der Waals surface area contributed by atoms with Crippen molar-refractivity contribution in [3.63, 3.8) is 0 Å². The highest BCUT2D eigenvalue weighted by molar-refractivity contribution is 7.89. The summed E-state index contributed by atoms with van der Waals surface area (Å²) in [6.07, 6.45) is 3.15. The number of nitrogens with zero attached hydrogens (tertiary/aromatic N) is 2. The number of rotatable bonds is 5. The summed E-state index contributed by atoms with van der Waals surface area (Å²) in [5, 5.41) is 3.04. The molecule has 1 N–H and O–H groups in total. The highest BCUT2D eigenvalue weighted by atomic mass is 32.2. The molecule has 0 aromatic heterocycles. The zero-order valence-electron chi connectivity index (χ0n) is 17.4. The van der Waals surface area contributed by atoms with Crippen LogP contribution in [0, 0.1) is 0 Å². The summed E-state index contributed by atoms with van der Waals surface area (Å²) in [5.41, 5.74) is 1.11. The van der Waals surface area contributed by atoms with E-state index in [1.165, 1.54) is 16.4 Å². The monoisotopic (exact) mass is 441 g/mol. The molecule has 0 atom stereocenters. The molecule has 8 heteroatoms. The second-order valence-corrected chi connectivity index (χ2v) is 9.98. The lowest BCUT2D eigenvalue weighted by Gasteiger charge is -2.32. The number of nitrogens with one attached hydrogen (secondary N) is 1. The predicted octanol–water partition coefficient (Wildman–Crippen LogP) is 2.51. The van der Waals surface area contributed by atoms with Crippen molar-refractivity contribution in [1.82, 2.24) is 14.5 Å². The van der Waals surface area contributed by atoms with E-state index in [1.807, 2.05) is 18.2 Å². The maximum Gasteiger partial charge on any atom is 0.253 e. The molecule has 2 aliphatic heterocycles. The summed E-state index contributed by atoms with van der Waals surface area (Å²) in [6.45, 7) is 2.20. The van der Waals surface area contributed by atoms with E-state index < -0.39 is 10.0 Å². The Bertz CT molecular complexity index is 1020. The smallest absolute Gasteiger partial charge is 0.253 e. The van der Waals surface area contributed by atoms with Crippen molar-refractivity contribution in [2.45, 2.75) is 36.6 Å². The largest absolute Gasteiger partial charge is 0.349 e. The number of sulfonamides is 1. The Balaban J connectivity index is 1.33. The first-order valence-electron chi connectivity index (χ1n) is 10.7. The Morgan fingerprint density at radius 1 is 0.806 bits per heavy atom. The molecule has 2 amide bonds. The molecule has 0 radical (unpaired) electrons. The van der Waals surface area contributed by atoms with Crippen molar-refractivity contribution in [2.75, 3.05) is 26.2 Å². The van der Waals surface area contributed by atoms with Gasteiger partial charge in [-0.15, -0.1) is 0 Å². The van der Waals surface area contributed by atoms with E-state index >= 15 is 0 Å². The fourth-order valence-electron chi connectivity index (χ4n) is 4.11. The lowest BCUT2D eigenvalue weighted by Crippen LogP contribution is -2.46. The van der Waals surface area contributed by atoms with E-state index in [2.05, 4.69) is 5.32 Å². The van der Waals surface area contributed by atoms with E-state index in [9.17, 15) is 18.0 Å². The number of hydrogen-bond acceptors (Lipinski definition) is 4. The summed E-state index contributed by atoms with van der Waals surface area (Å²) >= 11 is 0. The van der Waals surface area contributed by atoms with Crippen LogP contribution in [0.1, 0.15) is 46.4 Å². The number of likely N-dealkylation sites (tertiary alicyclic amines) is 1. The van der Waals surface area contributed by atoms with Crippen LogP contribution in [-0.2, 0) is 10.0 Å². The van der Waals surface area contributed by atoms with E-state index in [4.69, 9.17) is 0 Å². The van der Waals surface area contributed by atoms with Gasteiger partial charge < -0.3 is 10.2 Å². The van der Waals surface area contributed by atoms with Crippen LogP contribution < -0.4 is 5.32 Å². The van der Waals surface area contributed by atoms with E-state index in [0.29, 0.717) is 50.1 Å². The maximum atomic E-state index is 12.8. The molecule has 2 aliphatic rings. The molecule has 2 aromatic rings. The SMILES string of the molecule is O=C(NC1CCN(C(=O)c2ccc(S(=O)(=O)N3CCCC3)cc2)CC1)c1ccccc1. The fraction of sp³-hybridized carbons (Fsp3) is 0.391. The van der Waals surface area contributed by atoms with Gasteiger partial charge in [-0.25, -0.2) is 8.42 Å². The zero-order valence-corrected chi connectivity index (χ0v) is 18.2. The molecule has 31 heavy (non-hydrogen) atoms. The van der Waals surface area contributed by atoms with Crippen LogP contribution in [0.5, 0.6) is 0 Å². The van der Waals surface area contributed by atoms with Gasteiger partial charge in [0.15, 0.2) is 0 Å². The van der Waals surface area contributed by atoms with Crippen LogP contribution in [0.4, 0.5) is 0 Å². The van der Waals surface area contributed by atoms with E-state index in [0.717, 1.165) is 12.8 Å². The van der Waals surface area contributed by atoms with E-state index in [1.54, 1.807) is 29.2 Å². The topological polar surface area (TPSA) is 86.8 Å². The number of carbonyl (C=O) groups excluding carboxylic acids is 2.